The molecule has 1 heterocycles. The number of carboxylic acids is 1. The maximum atomic E-state index is 12.1. The fraction of sp³-hybridized carbons (Fsp3) is 0.545. The lowest BCUT2D eigenvalue weighted by Crippen LogP contribution is -2.52. The minimum Gasteiger partial charge on any atom is -0.477 e. The predicted molar refractivity (Wildman–Crippen MR) is 68.5 cm³/mol. The van der Waals surface area contributed by atoms with E-state index in [1.807, 2.05) is 6.92 Å². The number of aromatic carboxylic acids is 1. The van der Waals surface area contributed by atoms with Gasteiger partial charge in [0, 0.05) is 10.9 Å². The highest BCUT2D eigenvalue weighted by atomic mass is 32.2. The molecule has 0 saturated heterocycles. The van der Waals surface area contributed by atoms with Gasteiger partial charge in [0.15, 0.2) is 0 Å². The zero-order valence-electron chi connectivity index (χ0n) is 9.97. The van der Waals surface area contributed by atoms with Crippen LogP contribution in [-0.2, 0) is 10.0 Å². The van der Waals surface area contributed by atoms with Crippen molar-refractivity contribution in [2.45, 2.75) is 43.0 Å². The first kappa shape index (κ1) is 13.5. The van der Waals surface area contributed by atoms with Gasteiger partial charge in [-0.3, -0.25) is 0 Å². The molecule has 1 fully saturated rings. The first-order valence-electron chi connectivity index (χ1n) is 5.74. The van der Waals surface area contributed by atoms with E-state index < -0.39 is 16.0 Å². The lowest BCUT2D eigenvalue weighted by molar-refractivity contribution is 0.0702. The van der Waals surface area contributed by atoms with Crippen molar-refractivity contribution < 1.29 is 18.3 Å². The van der Waals surface area contributed by atoms with Crippen LogP contribution < -0.4 is 4.72 Å². The predicted octanol–water partition coefficient (Wildman–Crippen LogP) is 2.06. The van der Waals surface area contributed by atoms with Crippen LogP contribution in [0.2, 0.25) is 0 Å². The Balaban J connectivity index is 2.22. The lowest BCUT2D eigenvalue weighted by Gasteiger charge is -2.41. The molecule has 0 amide bonds. The monoisotopic (exact) mass is 289 g/mol. The summed E-state index contributed by atoms with van der Waals surface area (Å²) in [5.41, 5.74) is -0.329. The van der Waals surface area contributed by atoms with Gasteiger partial charge >= 0.3 is 5.97 Å². The molecule has 1 aromatic heterocycles. The summed E-state index contributed by atoms with van der Waals surface area (Å²) in [6, 6.07) is 1.21. The number of hydrogen-bond donors (Lipinski definition) is 2. The summed E-state index contributed by atoms with van der Waals surface area (Å²) in [6.07, 6.45) is 3.47. The van der Waals surface area contributed by atoms with Crippen molar-refractivity contribution in [3.05, 3.63) is 16.3 Å². The topological polar surface area (TPSA) is 83.5 Å². The molecule has 1 saturated carbocycles. The van der Waals surface area contributed by atoms with Crippen molar-refractivity contribution in [3.63, 3.8) is 0 Å². The highest BCUT2D eigenvalue weighted by Gasteiger charge is 2.39. The molecule has 1 aliphatic carbocycles. The van der Waals surface area contributed by atoms with Gasteiger partial charge in [-0.05, 0) is 31.7 Å². The van der Waals surface area contributed by atoms with Crippen molar-refractivity contribution in [1.82, 2.24) is 4.72 Å². The normalized spacial score (nSPS) is 18.3. The summed E-state index contributed by atoms with van der Waals surface area (Å²) in [6.45, 7) is 1.96. The van der Waals surface area contributed by atoms with E-state index in [2.05, 4.69) is 4.72 Å². The highest BCUT2D eigenvalue weighted by Crippen LogP contribution is 2.36. The van der Waals surface area contributed by atoms with Gasteiger partial charge in [0.25, 0.3) is 0 Å². The third-order valence-electron chi connectivity index (χ3n) is 3.43. The van der Waals surface area contributed by atoms with Crippen LogP contribution >= 0.6 is 11.3 Å². The average molecular weight is 289 g/mol. The van der Waals surface area contributed by atoms with Gasteiger partial charge in [0.2, 0.25) is 10.0 Å². The van der Waals surface area contributed by atoms with Crippen molar-refractivity contribution in [3.8, 4) is 0 Å². The molecule has 7 heteroatoms. The van der Waals surface area contributed by atoms with Crippen LogP contribution in [0.3, 0.4) is 0 Å². The molecule has 2 N–H and O–H groups in total. The number of nitrogens with one attached hydrogen (secondary N) is 1. The van der Waals surface area contributed by atoms with Crippen LogP contribution in [0.25, 0.3) is 0 Å². The summed E-state index contributed by atoms with van der Waals surface area (Å²) >= 11 is 0.925. The van der Waals surface area contributed by atoms with Gasteiger partial charge < -0.3 is 5.11 Å². The number of carbonyl (C=O) groups is 1. The van der Waals surface area contributed by atoms with Gasteiger partial charge in [0.1, 0.15) is 4.88 Å². The third-order valence-corrected chi connectivity index (χ3v) is 6.06. The fourth-order valence-electron chi connectivity index (χ4n) is 2.05. The molecule has 0 radical (unpaired) electrons. The number of thiophene rings is 1. The largest absolute Gasteiger partial charge is 0.477 e. The quantitative estimate of drug-likeness (QED) is 0.869. The summed E-state index contributed by atoms with van der Waals surface area (Å²) < 4.78 is 27.0. The number of rotatable bonds is 5. The van der Waals surface area contributed by atoms with Gasteiger partial charge in [-0.25, -0.2) is 17.9 Å². The second kappa shape index (κ2) is 4.64. The summed E-state index contributed by atoms with van der Waals surface area (Å²) in [7, 11) is -3.61. The molecule has 100 valence electrons. The Hall–Kier alpha value is -0.920. The molecule has 2 rings (SSSR count). The molecule has 1 aliphatic rings. The van der Waals surface area contributed by atoms with Crippen LogP contribution in [0.15, 0.2) is 16.3 Å². The maximum Gasteiger partial charge on any atom is 0.345 e. The molecule has 0 unspecified atom stereocenters. The molecule has 1 aromatic rings. The summed E-state index contributed by atoms with van der Waals surface area (Å²) in [5, 5.41) is 10.2. The van der Waals surface area contributed by atoms with Crippen molar-refractivity contribution >= 4 is 27.3 Å². The second-order valence-electron chi connectivity index (χ2n) is 4.54. The van der Waals surface area contributed by atoms with E-state index in [0.29, 0.717) is 0 Å². The maximum absolute atomic E-state index is 12.1. The molecular formula is C11H15NO4S2. The summed E-state index contributed by atoms with van der Waals surface area (Å²) in [5.74, 6) is -1.10. The Morgan fingerprint density at radius 2 is 2.22 bits per heavy atom. The van der Waals surface area contributed by atoms with E-state index in [1.165, 1.54) is 11.4 Å². The molecule has 0 bridgehead atoms. The molecule has 0 spiro atoms. The lowest BCUT2D eigenvalue weighted by atomic mass is 9.76. The van der Waals surface area contributed by atoms with Gasteiger partial charge in [0.05, 0.1) is 4.90 Å². The van der Waals surface area contributed by atoms with E-state index in [-0.39, 0.29) is 15.3 Å². The van der Waals surface area contributed by atoms with E-state index in [0.717, 1.165) is 37.0 Å². The van der Waals surface area contributed by atoms with E-state index >= 15 is 0 Å². The molecule has 0 aromatic carbocycles. The van der Waals surface area contributed by atoms with Gasteiger partial charge in [-0.1, -0.05) is 6.92 Å². The zero-order valence-corrected chi connectivity index (χ0v) is 11.6. The average Bonchev–Trinajstić information content (AvgIpc) is 2.73. The van der Waals surface area contributed by atoms with E-state index in [9.17, 15) is 13.2 Å². The summed E-state index contributed by atoms with van der Waals surface area (Å²) in [4.78, 5) is 10.8. The van der Waals surface area contributed by atoms with Crippen LogP contribution in [0, 0.1) is 0 Å². The smallest absolute Gasteiger partial charge is 0.345 e. The van der Waals surface area contributed by atoms with Gasteiger partial charge in [-0.2, -0.15) is 0 Å². The molecular weight excluding hydrogens is 274 g/mol. The van der Waals surface area contributed by atoms with Crippen molar-refractivity contribution in [2.24, 2.45) is 0 Å². The number of sulfonamides is 1. The molecule has 0 aliphatic heterocycles. The molecule has 0 atom stereocenters. The number of carboxylic acid groups (broad SMARTS) is 1. The first-order valence-corrected chi connectivity index (χ1v) is 8.11. The zero-order chi connectivity index (χ0) is 13.4. The Morgan fingerprint density at radius 1 is 1.56 bits per heavy atom. The van der Waals surface area contributed by atoms with Crippen LogP contribution in [-0.4, -0.2) is 25.0 Å². The van der Waals surface area contributed by atoms with Crippen LogP contribution in [0.5, 0.6) is 0 Å². The van der Waals surface area contributed by atoms with Crippen molar-refractivity contribution in [2.75, 3.05) is 0 Å². The molecule has 18 heavy (non-hydrogen) atoms. The highest BCUT2D eigenvalue weighted by molar-refractivity contribution is 7.89. The Morgan fingerprint density at radius 3 is 2.61 bits per heavy atom. The van der Waals surface area contributed by atoms with Crippen molar-refractivity contribution in [1.29, 1.82) is 0 Å². The second-order valence-corrected chi connectivity index (χ2v) is 7.14. The molecule has 5 nitrogen and oxygen atoms in total. The number of hydrogen-bond acceptors (Lipinski definition) is 4. The Kier molecular flexibility index (Phi) is 3.48. The fourth-order valence-corrected chi connectivity index (χ4v) is 4.69. The van der Waals surface area contributed by atoms with E-state index in [1.54, 1.807) is 0 Å². The minimum absolute atomic E-state index is 0.0366. The Bertz CT molecular complexity index is 552. The first-order chi connectivity index (χ1) is 8.38. The Labute approximate surface area is 110 Å². The van der Waals surface area contributed by atoms with Crippen LogP contribution in [0.4, 0.5) is 0 Å². The SMILES string of the molecule is CCC1(NS(=O)(=O)c2csc(C(=O)O)c2)CCC1. The standard InChI is InChI=1S/C11H15NO4S2/c1-2-11(4-3-5-11)12-18(15,16)8-6-9(10(13)14)17-7-8/h6-7,12H,2-5H2,1H3,(H,13,14). The van der Waals surface area contributed by atoms with Gasteiger partial charge in [-0.15, -0.1) is 11.3 Å². The van der Waals surface area contributed by atoms with E-state index in [4.69, 9.17) is 5.11 Å². The minimum atomic E-state index is -3.61. The third kappa shape index (κ3) is 2.43. The van der Waals surface area contributed by atoms with Crippen LogP contribution in [0.1, 0.15) is 42.3 Å².